The van der Waals surface area contributed by atoms with Crippen molar-refractivity contribution in [1.29, 1.82) is 0 Å². The molecule has 4 N–H and O–H groups in total. The van der Waals surface area contributed by atoms with Crippen molar-refractivity contribution >= 4 is 28.6 Å². The standard InChI is InChI=1S/C14H18N6O/c15-14-18-12(16-5-8-1-2-8)11-13(19-14)20(7-17-11)10(6-21)9-3-4-9/h7-8,21H,1-6H2,(H3,15,16,18,19). The molecule has 7 nitrogen and oxygen atoms in total. The summed E-state index contributed by atoms with van der Waals surface area (Å²) in [5, 5.41) is 12.9. The average molecular weight is 286 g/mol. The third-order valence-corrected chi connectivity index (χ3v) is 4.02. The number of rotatable bonds is 5. The van der Waals surface area contributed by atoms with Gasteiger partial charge in [-0.05, 0) is 37.2 Å². The highest BCUT2D eigenvalue weighted by atomic mass is 16.3. The first-order valence-corrected chi connectivity index (χ1v) is 7.33. The van der Waals surface area contributed by atoms with Crippen LogP contribution >= 0.6 is 0 Å². The summed E-state index contributed by atoms with van der Waals surface area (Å²) < 4.78 is 1.83. The van der Waals surface area contributed by atoms with E-state index in [0.717, 1.165) is 31.0 Å². The topological polar surface area (TPSA) is 102 Å². The van der Waals surface area contributed by atoms with Gasteiger partial charge >= 0.3 is 0 Å². The number of hydrogen-bond donors (Lipinski definition) is 3. The Morgan fingerprint density at radius 3 is 2.86 bits per heavy atom. The van der Waals surface area contributed by atoms with Crippen LogP contribution in [0.4, 0.5) is 11.8 Å². The molecule has 7 heteroatoms. The highest BCUT2D eigenvalue weighted by molar-refractivity contribution is 5.86. The molecule has 2 heterocycles. The predicted octanol–water partition coefficient (Wildman–Crippen LogP) is 1.23. The van der Waals surface area contributed by atoms with Gasteiger partial charge in [0.1, 0.15) is 6.33 Å². The van der Waals surface area contributed by atoms with E-state index in [1.807, 2.05) is 4.57 Å². The smallest absolute Gasteiger partial charge is 0.224 e. The van der Waals surface area contributed by atoms with Gasteiger partial charge in [0, 0.05) is 6.54 Å². The van der Waals surface area contributed by atoms with Crippen LogP contribution in [-0.4, -0.2) is 37.8 Å². The molecule has 21 heavy (non-hydrogen) atoms. The number of aromatic nitrogens is 4. The van der Waals surface area contributed by atoms with E-state index in [9.17, 15) is 5.11 Å². The number of imidazole rings is 1. The van der Waals surface area contributed by atoms with Gasteiger partial charge in [-0.2, -0.15) is 9.97 Å². The van der Waals surface area contributed by atoms with Crippen LogP contribution in [0.3, 0.4) is 0 Å². The fourth-order valence-corrected chi connectivity index (χ4v) is 2.51. The molecule has 2 aromatic heterocycles. The molecule has 0 atom stereocenters. The number of nitrogens with zero attached hydrogens (tertiary/aromatic N) is 4. The molecule has 0 aliphatic heterocycles. The zero-order valence-corrected chi connectivity index (χ0v) is 11.7. The Kier molecular flexibility index (Phi) is 2.81. The van der Waals surface area contributed by atoms with E-state index >= 15 is 0 Å². The molecular formula is C14H18N6O. The number of nitrogens with one attached hydrogen (secondary N) is 1. The SMILES string of the molecule is Nc1nc(NCC2CC2)c2ncn(C(CO)=C3CC3)c2n1. The van der Waals surface area contributed by atoms with Crippen LogP contribution in [0.15, 0.2) is 11.9 Å². The fourth-order valence-electron chi connectivity index (χ4n) is 2.51. The van der Waals surface area contributed by atoms with Crippen molar-refractivity contribution in [2.24, 2.45) is 5.92 Å². The Morgan fingerprint density at radius 2 is 2.19 bits per heavy atom. The minimum Gasteiger partial charge on any atom is -0.390 e. The monoisotopic (exact) mass is 286 g/mol. The molecular weight excluding hydrogens is 268 g/mol. The molecule has 4 rings (SSSR count). The number of allylic oxidation sites excluding steroid dienone is 1. The summed E-state index contributed by atoms with van der Waals surface area (Å²) in [7, 11) is 0. The van der Waals surface area contributed by atoms with E-state index in [4.69, 9.17) is 5.73 Å². The van der Waals surface area contributed by atoms with E-state index in [1.54, 1.807) is 6.33 Å². The summed E-state index contributed by atoms with van der Waals surface area (Å²) in [5.41, 5.74) is 9.30. The number of anilines is 2. The van der Waals surface area contributed by atoms with Crippen molar-refractivity contribution in [1.82, 2.24) is 19.5 Å². The molecule has 2 saturated carbocycles. The lowest BCUT2D eigenvalue weighted by molar-refractivity contribution is 0.344. The Hall–Kier alpha value is -2.15. The maximum atomic E-state index is 9.59. The van der Waals surface area contributed by atoms with Crippen LogP contribution in [0.25, 0.3) is 16.9 Å². The van der Waals surface area contributed by atoms with E-state index in [1.165, 1.54) is 18.4 Å². The van der Waals surface area contributed by atoms with E-state index in [2.05, 4.69) is 20.3 Å². The molecule has 0 saturated heterocycles. The number of fused-ring (bicyclic) bond motifs is 1. The van der Waals surface area contributed by atoms with E-state index in [-0.39, 0.29) is 12.6 Å². The lowest BCUT2D eigenvalue weighted by Gasteiger charge is -2.08. The molecule has 2 fully saturated rings. The van der Waals surface area contributed by atoms with Crippen molar-refractivity contribution in [3.63, 3.8) is 0 Å². The van der Waals surface area contributed by atoms with E-state index in [0.29, 0.717) is 17.0 Å². The first-order chi connectivity index (χ1) is 10.3. The number of nitrogen functional groups attached to an aromatic ring is 1. The minimum atomic E-state index is -0.0183. The van der Waals surface area contributed by atoms with Gasteiger partial charge in [-0.1, -0.05) is 0 Å². The van der Waals surface area contributed by atoms with Crippen LogP contribution in [0.1, 0.15) is 25.7 Å². The van der Waals surface area contributed by atoms with Crippen molar-refractivity contribution in [2.75, 3.05) is 24.2 Å². The number of aliphatic hydroxyl groups is 1. The average Bonchev–Trinajstić information content (AvgIpc) is 3.37. The fraction of sp³-hybridized carbons (Fsp3) is 0.500. The van der Waals surface area contributed by atoms with Gasteiger partial charge in [0.2, 0.25) is 5.95 Å². The van der Waals surface area contributed by atoms with Gasteiger partial charge in [0.05, 0.1) is 12.3 Å². The molecule has 0 unspecified atom stereocenters. The van der Waals surface area contributed by atoms with Crippen LogP contribution < -0.4 is 11.1 Å². The largest absolute Gasteiger partial charge is 0.390 e. The summed E-state index contributed by atoms with van der Waals surface area (Å²) >= 11 is 0. The molecule has 0 radical (unpaired) electrons. The van der Waals surface area contributed by atoms with Crippen LogP contribution in [0.2, 0.25) is 0 Å². The molecule has 0 aromatic carbocycles. The molecule has 0 amide bonds. The Morgan fingerprint density at radius 1 is 1.38 bits per heavy atom. The summed E-state index contributed by atoms with van der Waals surface area (Å²) in [5.74, 6) is 1.64. The van der Waals surface area contributed by atoms with Crippen LogP contribution in [-0.2, 0) is 0 Å². The second-order valence-electron chi connectivity index (χ2n) is 5.75. The van der Waals surface area contributed by atoms with Gasteiger partial charge in [-0.3, -0.25) is 4.57 Å². The lowest BCUT2D eigenvalue weighted by atomic mass is 10.3. The van der Waals surface area contributed by atoms with Crippen LogP contribution in [0.5, 0.6) is 0 Å². The Labute approximate surface area is 121 Å². The Bertz CT molecular complexity index is 724. The van der Waals surface area contributed by atoms with Gasteiger partial charge in [-0.25, -0.2) is 4.98 Å². The molecule has 2 aliphatic rings. The highest BCUT2D eigenvalue weighted by Crippen LogP contribution is 2.35. The zero-order valence-electron chi connectivity index (χ0n) is 11.7. The maximum Gasteiger partial charge on any atom is 0.224 e. The number of hydrogen-bond acceptors (Lipinski definition) is 6. The molecule has 0 spiro atoms. The third kappa shape index (κ3) is 2.33. The predicted molar refractivity (Wildman–Crippen MR) is 80.5 cm³/mol. The highest BCUT2D eigenvalue weighted by Gasteiger charge is 2.24. The van der Waals surface area contributed by atoms with E-state index < -0.39 is 0 Å². The minimum absolute atomic E-state index is 0.0183. The normalized spacial score (nSPS) is 17.3. The van der Waals surface area contributed by atoms with Crippen molar-refractivity contribution < 1.29 is 5.11 Å². The second kappa shape index (κ2) is 4.70. The molecule has 110 valence electrons. The van der Waals surface area contributed by atoms with Crippen molar-refractivity contribution in [2.45, 2.75) is 25.7 Å². The quantitative estimate of drug-likeness (QED) is 0.764. The van der Waals surface area contributed by atoms with Crippen LogP contribution in [0, 0.1) is 5.92 Å². The lowest BCUT2D eigenvalue weighted by Crippen LogP contribution is -2.09. The van der Waals surface area contributed by atoms with Crippen molar-refractivity contribution in [3.8, 4) is 0 Å². The first kappa shape index (κ1) is 12.6. The molecule has 2 aliphatic carbocycles. The second-order valence-corrected chi connectivity index (χ2v) is 5.75. The maximum absolute atomic E-state index is 9.59. The van der Waals surface area contributed by atoms with Crippen molar-refractivity contribution in [3.05, 3.63) is 11.9 Å². The summed E-state index contributed by atoms with van der Waals surface area (Å²) in [6.07, 6.45) is 6.29. The number of aliphatic hydroxyl groups excluding tert-OH is 1. The molecule has 2 aromatic rings. The first-order valence-electron chi connectivity index (χ1n) is 7.33. The van der Waals surface area contributed by atoms with Gasteiger partial charge < -0.3 is 16.2 Å². The molecule has 0 bridgehead atoms. The van der Waals surface area contributed by atoms with Gasteiger partial charge in [0.25, 0.3) is 0 Å². The summed E-state index contributed by atoms with van der Waals surface area (Å²) in [6.45, 7) is 0.877. The third-order valence-electron chi connectivity index (χ3n) is 4.02. The van der Waals surface area contributed by atoms with Gasteiger partial charge in [-0.15, -0.1) is 0 Å². The summed E-state index contributed by atoms with van der Waals surface area (Å²) in [6, 6.07) is 0. The Balaban J connectivity index is 1.77. The summed E-state index contributed by atoms with van der Waals surface area (Å²) in [4.78, 5) is 13.0. The van der Waals surface area contributed by atoms with Gasteiger partial charge in [0.15, 0.2) is 17.0 Å². The number of nitrogens with two attached hydrogens (primary N) is 1. The zero-order chi connectivity index (χ0) is 14.4.